The van der Waals surface area contributed by atoms with E-state index in [9.17, 15) is 9.59 Å². The second-order valence-electron chi connectivity index (χ2n) is 8.43. The van der Waals surface area contributed by atoms with Crippen LogP contribution in [0.15, 0.2) is 87.2 Å². The molecule has 6 nitrogen and oxygen atoms in total. The van der Waals surface area contributed by atoms with E-state index >= 15 is 0 Å². The van der Waals surface area contributed by atoms with Crippen molar-refractivity contribution in [2.45, 2.75) is 32.0 Å². The lowest BCUT2D eigenvalue weighted by molar-refractivity contribution is -0.113. The summed E-state index contributed by atoms with van der Waals surface area (Å²) in [6.45, 7) is 4.45. The molecule has 0 aliphatic rings. The van der Waals surface area contributed by atoms with Crippen LogP contribution in [0.5, 0.6) is 0 Å². The first-order valence-electron chi connectivity index (χ1n) is 11.5. The highest BCUT2D eigenvalue weighted by Crippen LogP contribution is 2.27. The number of benzene rings is 3. The van der Waals surface area contributed by atoms with Gasteiger partial charge >= 0.3 is 0 Å². The van der Waals surface area contributed by atoms with Crippen molar-refractivity contribution >= 4 is 45.4 Å². The van der Waals surface area contributed by atoms with Crippen LogP contribution in [0.2, 0.25) is 0 Å². The highest BCUT2D eigenvalue weighted by atomic mass is 32.2. The van der Waals surface area contributed by atoms with Gasteiger partial charge in [0.05, 0.1) is 12.3 Å². The van der Waals surface area contributed by atoms with Crippen molar-refractivity contribution in [3.63, 3.8) is 0 Å². The Balaban J connectivity index is 1.47. The standard InChI is InChI=1S/C28H25N3O3S/c1-3-19-12-14-21(15-13-19)29-24(32)17-35-28-30-25-22-6-4-5-7-23(22)34-26(25)27(33)31(28)16-20-10-8-18(2)9-11-20/h4-15H,3,16-17H2,1-2H3,(H,29,32). The van der Waals surface area contributed by atoms with E-state index in [2.05, 4.69) is 12.2 Å². The maximum Gasteiger partial charge on any atom is 0.298 e. The van der Waals surface area contributed by atoms with Crippen molar-refractivity contribution in [1.82, 2.24) is 9.55 Å². The summed E-state index contributed by atoms with van der Waals surface area (Å²) in [5.74, 6) is -0.0375. The molecule has 0 unspecified atom stereocenters. The number of hydrogen-bond donors (Lipinski definition) is 1. The quantitative estimate of drug-likeness (QED) is 0.234. The monoisotopic (exact) mass is 483 g/mol. The number of para-hydroxylation sites is 1. The summed E-state index contributed by atoms with van der Waals surface area (Å²) in [6, 6.07) is 23.3. The molecule has 35 heavy (non-hydrogen) atoms. The third-order valence-electron chi connectivity index (χ3n) is 5.89. The molecule has 5 rings (SSSR count). The van der Waals surface area contributed by atoms with E-state index in [1.54, 1.807) is 4.57 Å². The number of carbonyl (C=O) groups excluding carboxylic acids is 1. The van der Waals surface area contributed by atoms with E-state index in [1.807, 2.05) is 79.7 Å². The molecule has 0 radical (unpaired) electrons. The normalized spacial score (nSPS) is 11.3. The molecule has 5 aromatic rings. The van der Waals surface area contributed by atoms with Gasteiger partial charge in [-0.25, -0.2) is 4.98 Å². The Kier molecular flexibility index (Phi) is 6.42. The molecular formula is C28H25N3O3S. The third kappa shape index (κ3) is 4.86. The lowest BCUT2D eigenvalue weighted by Gasteiger charge is -2.12. The fourth-order valence-corrected chi connectivity index (χ4v) is 4.72. The Morgan fingerprint density at radius 3 is 2.46 bits per heavy atom. The summed E-state index contributed by atoms with van der Waals surface area (Å²) in [6.07, 6.45) is 0.944. The molecule has 0 spiro atoms. The number of rotatable bonds is 7. The highest BCUT2D eigenvalue weighted by molar-refractivity contribution is 7.99. The number of nitrogens with zero attached hydrogens (tertiary/aromatic N) is 2. The van der Waals surface area contributed by atoms with Crippen molar-refractivity contribution in [2.24, 2.45) is 0 Å². The van der Waals surface area contributed by atoms with E-state index in [4.69, 9.17) is 9.40 Å². The van der Waals surface area contributed by atoms with E-state index in [1.165, 1.54) is 17.3 Å². The molecule has 0 saturated carbocycles. The second kappa shape index (κ2) is 9.80. The topological polar surface area (TPSA) is 77.1 Å². The van der Waals surface area contributed by atoms with Crippen LogP contribution in [0.3, 0.4) is 0 Å². The number of furan rings is 1. The number of aromatic nitrogens is 2. The Morgan fingerprint density at radius 1 is 1.00 bits per heavy atom. The number of nitrogens with one attached hydrogen (secondary N) is 1. The zero-order chi connectivity index (χ0) is 24.4. The van der Waals surface area contributed by atoms with Crippen LogP contribution in [-0.2, 0) is 17.8 Å². The van der Waals surface area contributed by atoms with E-state index in [-0.39, 0.29) is 22.8 Å². The average molecular weight is 484 g/mol. The number of thioether (sulfide) groups is 1. The summed E-state index contributed by atoms with van der Waals surface area (Å²) >= 11 is 1.24. The van der Waals surface area contributed by atoms with Crippen molar-refractivity contribution in [2.75, 3.05) is 11.1 Å². The Bertz CT molecular complexity index is 1570. The summed E-state index contributed by atoms with van der Waals surface area (Å²) in [5.41, 5.74) is 5.17. The zero-order valence-corrected chi connectivity index (χ0v) is 20.4. The van der Waals surface area contributed by atoms with Crippen LogP contribution < -0.4 is 10.9 Å². The highest BCUT2D eigenvalue weighted by Gasteiger charge is 2.19. The van der Waals surface area contributed by atoms with Crippen molar-refractivity contribution in [3.8, 4) is 0 Å². The lowest BCUT2D eigenvalue weighted by Crippen LogP contribution is -2.24. The van der Waals surface area contributed by atoms with Gasteiger partial charge in [0.25, 0.3) is 5.56 Å². The molecule has 0 aliphatic heterocycles. The maximum absolute atomic E-state index is 13.5. The predicted molar refractivity (Wildman–Crippen MR) is 141 cm³/mol. The fraction of sp³-hybridized carbons (Fsp3) is 0.179. The van der Waals surface area contributed by atoms with Crippen LogP contribution in [0.4, 0.5) is 5.69 Å². The Morgan fingerprint density at radius 2 is 1.71 bits per heavy atom. The van der Waals surface area contributed by atoms with E-state index < -0.39 is 0 Å². The maximum atomic E-state index is 13.5. The van der Waals surface area contributed by atoms with Gasteiger partial charge < -0.3 is 9.73 Å². The van der Waals surface area contributed by atoms with Gasteiger partial charge in [-0.15, -0.1) is 0 Å². The third-order valence-corrected chi connectivity index (χ3v) is 6.86. The first-order chi connectivity index (χ1) is 17.0. The number of aryl methyl sites for hydroxylation is 2. The molecule has 0 bridgehead atoms. The number of amides is 1. The minimum atomic E-state index is -0.259. The molecule has 7 heteroatoms. The molecule has 2 heterocycles. The van der Waals surface area contributed by atoms with Crippen LogP contribution >= 0.6 is 11.8 Å². The summed E-state index contributed by atoms with van der Waals surface area (Å²) in [7, 11) is 0. The Labute approximate surface area is 207 Å². The molecule has 0 fully saturated rings. The second-order valence-corrected chi connectivity index (χ2v) is 9.38. The zero-order valence-electron chi connectivity index (χ0n) is 19.6. The van der Waals surface area contributed by atoms with Crippen LogP contribution in [-0.4, -0.2) is 21.2 Å². The molecule has 3 aromatic carbocycles. The number of fused-ring (bicyclic) bond motifs is 3. The van der Waals surface area contributed by atoms with Gasteiger partial charge in [0.1, 0.15) is 11.1 Å². The number of anilines is 1. The van der Waals surface area contributed by atoms with Crippen LogP contribution in [0, 0.1) is 6.92 Å². The van der Waals surface area contributed by atoms with Crippen molar-refractivity contribution in [1.29, 1.82) is 0 Å². The first kappa shape index (κ1) is 22.9. The van der Waals surface area contributed by atoms with Gasteiger partial charge in [-0.2, -0.15) is 0 Å². The Hall–Kier alpha value is -3.84. The predicted octanol–water partition coefficient (Wildman–Crippen LogP) is 5.79. The molecule has 0 atom stereocenters. The SMILES string of the molecule is CCc1ccc(NC(=O)CSc2nc3c(oc4ccccc43)c(=O)n2Cc2ccc(C)cc2)cc1. The summed E-state index contributed by atoms with van der Waals surface area (Å²) in [5, 5.41) is 4.18. The van der Waals surface area contributed by atoms with Gasteiger partial charge in [-0.3, -0.25) is 14.2 Å². The number of carbonyl (C=O) groups is 1. The first-order valence-corrected chi connectivity index (χ1v) is 12.5. The lowest BCUT2D eigenvalue weighted by atomic mass is 10.1. The molecule has 0 aliphatic carbocycles. The number of hydrogen-bond acceptors (Lipinski definition) is 5. The van der Waals surface area contributed by atoms with Crippen molar-refractivity contribution < 1.29 is 9.21 Å². The smallest absolute Gasteiger partial charge is 0.298 e. The average Bonchev–Trinajstić information content (AvgIpc) is 3.25. The fourth-order valence-electron chi connectivity index (χ4n) is 3.93. The van der Waals surface area contributed by atoms with Gasteiger partial charge in [0.15, 0.2) is 5.16 Å². The summed E-state index contributed by atoms with van der Waals surface area (Å²) in [4.78, 5) is 31.0. The van der Waals surface area contributed by atoms with Gasteiger partial charge in [0, 0.05) is 11.1 Å². The largest absolute Gasteiger partial charge is 0.448 e. The molecule has 2 aromatic heterocycles. The minimum absolute atomic E-state index is 0.122. The van der Waals surface area contributed by atoms with Gasteiger partial charge in [0.2, 0.25) is 11.5 Å². The van der Waals surface area contributed by atoms with E-state index in [0.29, 0.717) is 22.8 Å². The minimum Gasteiger partial charge on any atom is -0.448 e. The molecule has 1 amide bonds. The van der Waals surface area contributed by atoms with Crippen LogP contribution in [0.1, 0.15) is 23.6 Å². The molecule has 176 valence electrons. The molecule has 1 N–H and O–H groups in total. The molecule has 0 saturated heterocycles. The molecular weight excluding hydrogens is 458 g/mol. The van der Waals surface area contributed by atoms with Gasteiger partial charge in [-0.05, 0) is 48.7 Å². The van der Waals surface area contributed by atoms with E-state index in [0.717, 1.165) is 28.6 Å². The van der Waals surface area contributed by atoms with Crippen LogP contribution in [0.25, 0.3) is 22.1 Å². The van der Waals surface area contributed by atoms with Gasteiger partial charge in [-0.1, -0.05) is 72.8 Å². The van der Waals surface area contributed by atoms with Crippen molar-refractivity contribution in [3.05, 3.63) is 99.8 Å². The summed E-state index contributed by atoms with van der Waals surface area (Å²) < 4.78 is 7.46.